The number of hydrogen-bond acceptors (Lipinski definition) is 3. The SMILES string of the molecule is Cc1nccn1-c1ccccc1CNC(=O)[C@@H](C)Oc1ccc(F)cc1. The predicted octanol–water partition coefficient (Wildman–Crippen LogP) is 3.40. The maximum atomic E-state index is 12.9. The Hall–Kier alpha value is -3.15. The number of aryl methyl sites for hydroxylation is 1. The molecule has 1 heterocycles. The summed E-state index contributed by atoms with van der Waals surface area (Å²) in [6.45, 7) is 3.95. The number of imidazole rings is 1. The van der Waals surface area contributed by atoms with Crippen molar-refractivity contribution in [2.75, 3.05) is 0 Å². The van der Waals surface area contributed by atoms with Crippen LogP contribution < -0.4 is 10.1 Å². The lowest BCUT2D eigenvalue weighted by Gasteiger charge is -2.16. The largest absolute Gasteiger partial charge is 0.481 e. The average Bonchev–Trinajstić information content (AvgIpc) is 3.07. The molecule has 2 aromatic carbocycles. The summed E-state index contributed by atoms with van der Waals surface area (Å²) < 4.78 is 20.5. The molecule has 26 heavy (non-hydrogen) atoms. The first-order valence-corrected chi connectivity index (χ1v) is 8.33. The topological polar surface area (TPSA) is 56.2 Å². The van der Waals surface area contributed by atoms with Gasteiger partial charge in [0, 0.05) is 18.9 Å². The number of para-hydroxylation sites is 1. The lowest BCUT2D eigenvalue weighted by atomic mass is 10.1. The lowest BCUT2D eigenvalue weighted by Crippen LogP contribution is -2.36. The van der Waals surface area contributed by atoms with Gasteiger partial charge in [0.25, 0.3) is 5.91 Å². The van der Waals surface area contributed by atoms with Crippen molar-refractivity contribution in [2.45, 2.75) is 26.5 Å². The number of nitrogens with zero attached hydrogens (tertiary/aromatic N) is 2. The van der Waals surface area contributed by atoms with E-state index in [1.807, 2.05) is 42.0 Å². The zero-order chi connectivity index (χ0) is 18.5. The smallest absolute Gasteiger partial charge is 0.261 e. The lowest BCUT2D eigenvalue weighted by molar-refractivity contribution is -0.127. The minimum atomic E-state index is -0.692. The number of aromatic nitrogens is 2. The van der Waals surface area contributed by atoms with Crippen LogP contribution in [0.25, 0.3) is 5.69 Å². The van der Waals surface area contributed by atoms with Crippen molar-refractivity contribution in [2.24, 2.45) is 0 Å². The van der Waals surface area contributed by atoms with Crippen LogP contribution in [0.4, 0.5) is 4.39 Å². The first-order valence-electron chi connectivity index (χ1n) is 8.33. The number of halogens is 1. The summed E-state index contributed by atoms with van der Waals surface area (Å²) in [7, 11) is 0. The highest BCUT2D eigenvalue weighted by molar-refractivity contribution is 5.80. The molecule has 0 aliphatic heterocycles. The number of rotatable bonds is 6. The van der Waals surface area contributed by atoms with E-state index in [2.05, 4.69) is 10.3 Å². The second kappa shape index (κ2) is 7.82. The minimum absolute atomic E-state index is 0.244. The van der Waals surface area contributed by atoms with E-state index < -0.39 is 6.10 Å². The molecule has 0 radical (unpaired) electrons. The molecule has 3 aromatic rings. The molecular weight excluding hydrogens is 333 g/mol. The summed E-state index contributed by atoms with van der Waals surface area (Å²) in [5, 5.41) is 2.88. The van der Waals surface area contributed by atoms with E-state index in [4.69, 9.17) is 4.74 Å². The van der Waals surface area contributed by atoms with Gasteiger partial charge in [-0.25, -0.2) is 9.37 Å². The van der Waals surface area contributed by atoms with E-state index in [9.17, 15) is 9.18 Å². The number of ether oxygens (including phenoxy) is 1. The summed E-state index contributed by atoms with van der Waals surface area (Å²) in [6.07, 6.45) is 2.93. The molecule has 1 N–H and O–H groups in total. The maximum absolute atomic E-state index is 12.9. The van der Waals surface area contributed by atoms with Crippen molar-refractivity contribution in [3.05, 3.63) is 78.1 Å². The van der Waals surface area contributed by atoms with Gasteiger partial charge in [0.15, 0.2) is 6.10 Å². The Morgan fingerprint density at radius 1 is 1.23 bits per heavy atom. The first-order chi connectivity index (χ1) is 12.5. The molecule has 1 atom stereocenters. The van der Waals surface area contributed by atoms with Gasteiger partial charge in [0.2, 0.25) is 0 Å². The number of hydrogen-bond donors (Lipinski definition) is 1. The van der Waals surface area contributed by atoms with Gasteiger partial charge in [-0.1, -0.05) is 18.2 Å². The summed E-state index contributed by atoms with van der Waals surface area (Å²) in [5.41, 5.74) is 1.94. The standard InChI is InChI=1S/C20H20FN3O2/c1-14(26-18-9-7-17(21)8-10-18)20(25)23-13-16-5-3-4-6-19(16)24-12-11-22-15(24)2/h3-12,14H,13H2,1-2H3,(H,23,25)/t14-/m1/s1. The van der Waals surface area contributed by atoms with E-state index in [0.29, 0.717) is 12.3 Å². The van der Waals surface area contributed by atoms with Crippen molar-refractivity contribution >= 4 is 5.91 Å². The zero-order valence-corrected chi connectivity index (χ0v) is 14.6. The van der Waals surface area contributed by atoms with Crippen LogP contribution in [0.3, 0.4) is 0 Å². The Morgan fingerprint density at radius 3 is 2.65 bits per heavy atom. The second-order valence-electron chi connectivity index (χ2n) is 5.90. The normalized spacial score (nSPS) is 11.8. The third kappa shape index (κ3) is 4.08. The molecule has 0 fully saturated rings. The van der Waals surface area contributed by atoms with Gasteiger partial charge in [-0.05, 0) is 49.7 Å². The van der Waals surface area contributed by atoms with Crippen molar-refractivity contribution in [3.8, 4) is 11.4 Å². The molecule has 0 bridgehead atoms. The van der Waals surface area contributed by atoms with Gasteiger partial charge in [-0.2, -0.15) is 0 Å². The van der Waals surface area contributed by atoms with Crippen LogP contribution in [-0.2, 0) is 11.3 Å². The molecular formula is C20H20FN3O2. The molecule has 134 valence electrons. The van der Waals surface area contributed by atoms with Gasteiger partial charge in [-0.3, -0.25) is 4.79 Å². The third-order valence-corrected chi connectivity index (χ3v) is 4.03. The van der Waals surface area contributed by atoms with Crippen LogP contribution >= 0.6 is 0 Å². The van der Waals surface area contributed by atoms with Crippen LogP contribution in [0.2, 0.25) is 0 Å². The molecule has 0 saturated heterocycles. The van der Waals surface area contributed by atoms with E-state index >= 15 is 0 Å². The third-order valence-electron chi connectivity index (χ3n) is 4.03. The van der Waals surface area contributed by atoms with Gasteiger partial charge in [-0.15, -0.1) is 0 Å². The molecule has 3 rings (SSSR count). The number of benzene rings is 2. The second-order valence-corrected chi connectivity index (χ2v) is 5.90. The average molecular weight is 353 g/mol. The molecule has 5 nitrogen and oxygen atoms in total. The Labute approximate surface area is 151 Å². The van der Waals surface area contributed by atoms with Gasteiger partial charge in [0.05, 0.1) is 5.69 Å². The van der Waals surface area contributed by atoms with Crippen LogP contribution in [-0.4, -0.2) is 21.6 Å². The van der Waals surface area contributed by atoms with Gasteiger partial charge < -0.3 is 14.6 Å². The first kappa shape index (κ1) is 17.7. The quantitative estimate of drug-likeness (QED) is 0.739. The Bertz CT molecular complexity index is 890. The van der Waals surface area contributed by atoms with Gasteiger partial charge >= 0.3 is 0 Å². The molecule has 1 amide bonds. The summed E-state index contributed by atoms with van der Waals surface area (Å²) in [4.78, 5) is 16.6. The van der Waals surface area contributed by atoms with E-state index in [-0.39, 0.29) is 11.7 Å². The fraction of sp³-hybridized carbons (Fsp3) is 0.200. The van der Waals surface area contributed by atoms with E-state index in [0.717, 1.165) is 17.1 Å². The number of carbonyl (C=O) groups is 1. The molecule has 0 unspecified atom stereocenters. The van der Waals surface area contributed by atoms with E-state index in [1.165, 1.54) is 24.3 Å². The predicted molar refractivity (Wildman–Crippen MR) is 96.6 cm³/mol. The Balaban J connectivity index is 1.64. The molecule has 0 aliphatic carbocycles. The van der Waals surface area contributed by atoms with Crippen molar-refractivity contribution in [3.63, 3.8) is 0 Å². The van der Waals surface area contributed by atoms with Crippen LogP contribution in [0, 0.1) is 12.7 Å². The highest BCUT2D eigenvalue weighted by Crippen LogP contribution is 2.16. The molecule has 0 aliphatic rings. The Morgan fingerprint density at radius 2 is 1.96 bits per heavy atom. The van der Waals surface area contributed by atoms with Crippen molar-refractivity contribution < 1.29 is 13.9 Å². The number of carbonyl (C=O) groups excluding carboxylic acids is 1. The zero-order valence-electron chi connectivity index (χ0n) is 14.6. The molecule has 0 saturated carbocycles. The molecule has 1 aromatic heterocycles. The van der Waals surface area contributed by atoms with Crippen LogP contribution in [0.1, 0.15) is 18.3 Å². The van der Waals surface area contributed by atoms with Crippen LogP contribution in [0.5, 0.6) is 5.75 Å². The summed E-state index contributed by atoms with van der Waals surface area (Å²) >= 11 is 0. The van der Waals surface area contributed by atoms with Crippen LogP contribution in [0.15, 0.2) is 60.9 Å². The van der Waals surface area contributed by atoms with E-state index in [1.54, 1.807) is 13.1 Å². The maximum Gasteiger partial charge on any atom is 0.261 e. The van der Waals surface area contributed by atoms with Crippen molar-refractivity contribution in [1.82, 2.24) is 14.9 Å². The highest BCUT2D eigenvalue weighted by Gasteiger charge is 2.15. The Kier molecular flexibility index (Phi) is 5.31. The minimum Gasteiger partial charge on any atom is -0.481 e. The summed E-state index contributed by atoms with van der Waals surface area (Å²) in [5.74, 6) is 0.729. The molecule has 6 heteroatoms. The fourth-order valence-electron chi connectivity index (χ4n) is 2.62. The monoisotopic (exact) mass is 353 g/mol. The van der Waals surface area contributed by atoms with Crippen molar-refractivity contribution in [1.29, 1.82) is 0 Å². The highest BCUT2D eigenvalue weighted by atomic mass is 19.1. The number of amides is 1. The summed E-state index contributed by atoms with van der Waals surface area (Å²) in [6, 6.07) is 13.4. The molecule has 0 spiro atoms. The van der Waals surface area contributed by atoms with Gasteiger partial charge in [0.1, 0.15) is 17.4 Å². The fourth-order valence-corrected chi connectivity index (χ4v) is 2.62. The number of nitrogens with one attached hydrogen (secondary N) is 1.